The number of hydrogen-bond acceptors (Lipinski definition) is 4. The monoisotopic (exact) mass is 517 g/mol. The van der Waals surface area contributed by atoms with Crippen molar-refractivity contribution in [3.05, 3.63) is 44.6 Å². The first-order valence-electron chi connectivity index (χ1n) is 11.6. The molecule has 0 bridgehead atoms. The van der Waals surface area contributed by atoms with Crippen molar-refractivity contribution in [3.63, 3.8) is 0 Å². The summed E-state index contributed by atoms with van der Waals surface area (Å²) in [6.45, 7) is 6.70. The van der Waals surface area contributed by atoms with E-state index in [9.17, 15) is 9.59 Å². The molecule has 2 amide bonds. The number of nitrogens with one attached hydrogen (secondary N) is 2. The van der Waals surface area contributed by atoms with Crippen molar-refractivity contribution in [1.82, 2.24) is 5.32 Å². The SMILES string of the molecule is Cc1cc(NC(=O)C2(NC(=O)c3ccc(Br)s3)CCCC2)ccc1N1C(C)CCCC1C. The third-order valence-electron chi connectivity index (χ3n) is 6.97. The smallest absolute Gasteiger partial charge is 0.262 e. The molecule has 32 heavy (non-hydrogen) atoms. The summed E-state index contributed by atoms with van der Waals surface area (Å²) in [6.07, 6.45) is 6.90. The Hall–Kier alpha value is -1.86. The standard InChI is InChI=1S/C25H32BrN3O2S/c1-16-15-19(9-10-20(16)29-17(2)7-6-8-18(29)3)27-24(31)25(13-4-5-14-25)28-23(30)21-11-12-22(26)32-21/h9-12,15,17-18H,4-8,13-14H2,1-3H3,(H,27,31)(H,28,30). The number of anilines is 2. The highest BCUT2D eigenvalue weighted by molar-refractivity contribution is 9.11. The van der Waals surface area contributed by atoms with Gasteiger partial charge in [-0.25, -0.2) is 0 Å². The number of nitrogens with zero attached hydrogens (tertiary/aromatic N) is 1. The molecular weight excluding hydrogens is 486 g/mol. The molecule has 2 atom stereocenters. The highest BCUT2D eigenvalue weighted by Gasteiger charge is 2.43. The van der Waals surface area contributed by atoms with Gasteiger partial charge in [-0.3, -0.25) is 9.59 Å². The lowest BCUT2D eigenvalue weighted by Crippen LogP contribution is -2.54. The summed E-state index contributed by atoms with van der Waals surface area (Å²) in [5.41, 5.74) is 2.34. The molecule has 2 fully saturated rings. The van der Waals surface area contributed by atoms with Gasteiger partial charge in [-0.2, -0.15) is 0 Å². The molecule has 1 aromatic heterocycles. The second-order valence-corrected chi connectivity index (χ2v) is 11.8. The molecule has 1 aliphatic heterocycles. The molecule has 5 nitrogen and oxygen atoms in total. The average Bonchev–Trinajstić information content (AvgIpc) is 3.39. The van der Waals surface area contributed by atoms with Crippen molar-refractivity contribution in [2.45, 2.75) is 83.3 Å². The Kier molecular flexibility index (Phi) is 6.96. The fourth-order valence-corrected chi connectivity index (χ4v) is 6.55. The van der Waals surface area contributed by atoms with Crippen molar-refractivity contribution in [2.24, 2.45) is 0 Å². The van der Waals surface area contributed by atoms with E-state index in [1.165, 1.54) is 36.3 Å². The normalized spacial score (nSPS) is 22.6. The molecular formula is C25H32BrN3O2S. The maximum Gasteiger partial charge on any atom is 0.262 e. The zero-order valence-electron chi connectivity index (χ0n) is 19.0. The summed E-state index contributed by atoms with van der Waals surface area (Å²) in [5, 5.41) is 6.16. The van der Waals surface area contributed by atoms with Crippen molar-refractivity contribution in [1.29, 1.82) is 0 Å². The summed E-state index contributed by atoms with van der Waals surface area (Å²) in [7, 11) is 0. The Morgan fingerprint density at radius 1 is 1.06 bits per heavy atom. The predicted octanol–water partition coefficient (Wildman–Crippen LogP) is 6.27. The number of halogens is 1. The van der Waals surface area contributed by atoms with Crippen molar-refractivity contribution < 1.29 is 9.59 Å². The third kappa shape index (κ3) is 4.74. The number of piperidine rings is 1. The van der Waals surface area contributed by atoms with Gasteiger partial charge in [-0.05, 0) is 105 Å². The molecule has 2 aliphatic rings. The minimum Gasteiger partial charge on any atom is -0.366 e. The quantitative estimate of drug-likeness (QED) is 0.491. The maximum atomic E-state index is 13.4. The fraction of sp³-hybridized carbons (Fsp3) is 0.520. The molecule has 1 aliphatic carbocycles. The van der Waals surface area contributed by atoms with Crippen LogP contribution in [0.15, 0.2) is 34.1 Å². The second-order valence-electron chi connectivity index (χ2n) is 9.34. The average molecular weight is 519 g/mol. The van der Waals surface area contributed by atoms with Crippen LogP contribution < -0.4 is 15.5 Å². The van der Waals surface area contributed by atoms with Crippen LogP contribution >= 0.6 is 27.3 Å². The number of benzene rings is 1. The van der Waals surface area contributed by atoms with E-state index in [0.717, 1.165) is 27.9 Å². The van der Waals surface area contributed by atoms with E-state index in [1.54, 1.807) is 6.07 Å². The molecule has 0 spiro atoms. The first-order valence-corrected chi connectivity index (χ1v) is 13.2. The predicted molar refractivity (Wildman–Crippen MR) is 136 cm³/mol. The minimum atomic E-state index is -0.851. The number of aryl methyl sites for hydroxylation is 1. The van der Waals surface area contributed by atoms with Gasteiger partial charge in [0, 0.05) is 23.5 Å². The van der Waals surface area contributed by atoms with E-state index in [0.29, 0.717) is 29.8 Å². The van der Waals surface area contributed by atoms with Crippen LogP contribution in [-0.2, 0) is 4.79 Å². The molecule has 2 heterocycles. The van der Waals surface area contributed by atoms with E-state index >= 15 is 0 Å². The molecule has 1 saturated carbocycles. The Balaban J connectivity index is 1.50. The number of carbonyl (C=O) groups excluding carboxylic acids is 2. The van der Waals surface area contributed by atoms with Gasteiger partial charge in [0.1, 0.15) is 5.54 Å². The van der Waals surface area contributed by atoms with Gasteiger partial charge in [0.05, 0.1) is 8.66 Å². The molecule has 7 heteroatoms. The van der Waals surface area contributed by atoms with E-state index in [1.807, 2.05) is 12.1 Å². The number of hydrogen-bond donors (Lipinski definition) is 2. The van der Waals surface area contributed by atoms with Crippen molar-refractivity contribution in [2.75, 3.05) is 10.2 Å². The lowest BCUT2D eigenvalue weighted by atomic mass is 9.95. The summed E-state index contributed by atoms with van der Waals surface area (Å²) < 4.78 is 0.903. The number of rotatable bonds is 5. The van der Waals surface area contributed by atoms with Gasteiger partial charge in [-0.15, -0.1) is 11.3 Å². The molecule has 2 aromatic rings. The topological polar surface area (TPSA) is 61.4 Å². The van der Waals surface area contributed by atoms with Gasteiger partial charge in [-0.1, -0.05) is 12.8 Å². The van der Waals surface area contributed by atoms with Crippen LogP contribution in [0.5, 0.6) is 0 Å². The van der Waals surface area contributed by atoms with E-state index < -0.39 is 5.54 Å². The molecule has 2 unspecified atom stereocenters. The number of amides is 2. The summed E-state index contributed by atoms with van der Waals surface area (Å²) in [5.74, 6) is -0.303. The fourth-order valence-electron chi connectivity index (χ4n) is 5.27. The summed E-state index contributed by atoms with van der Waals surface area (Å²) >= 11 is 4.78. The highest BCUT2D eigenvalue weighted by Crippen LogP contribution is 2.35. The van der Waals surface area contributed by atoms with Crippen LogP contribution in [0.1, 0.15) is 74.0 Å². The minimum absolute atomic E-state index is 0.120. The molecule has 4 rings (SSSR count). The van der Waals surface area contributed by atoms with Crippen molar-refractivity contribution >= 4 is 50.5 Å². The number of thiophene rings is 1. The van der Waals surface area contributed by atoms with Gasteiger partial charge in [0.25, 0.3) is 5.91 Å². The second kappa shape index (κ2) is 9.56. The van der Waals surface area contributed by atoms with Crippen LogP contribution in [0.3, 0.4) is 0 Å². The number of carbonyl (C=O) groups is 2. The summed E-state index contributed by atoms with van der Waals surface area (Å²) in [4.78, 5) is 29.3. The van der Waals surface area contributed by atoms with Crippen LogP contribution in [-0.4, -0.2) is 29.4 Å². The van der Waals surface area contributed by atoms with Gasteiger partial charge >= 0.3 is 0 Å². The largest absolute Gasteiger partial charge is 0.366 e. The highest BCUT2D eigenvalue weighted by atomic mass is 79.9. The molecule has 172 valence electrons. The molecule has 0 radical (unpaired) electrons. The van der Waals surface area contributed by atoms with E-state index in [4.69, 9.17) is 0 Å². The molecule has 2 N–H and O–H groups in total. The van der Waals surface area contributed by atoms with Crippen LogP contribution in [0.2, 0.25) is 0 Å². The van der Waals surface area contributed by atoms with Crippen molar-refractivity contribution in [3.8, 4) is 0 Å². The maximum absolute atomic E-state index is 13.4. The lowest BCUT2D eigenvalue weighted by molar-refractivity contribution is -0.122. The Bertz CT molecular complexity index is 989. The van der Waals surface area contributed by atoms with Crippen LogP contribution in [0, 0.1) is 6.92 Å². The van der Waals surface area contributed by atoms with Crippen LogP contribution in [0.25, 0.3) is 0 Å². The van der Waals surface area contributed by atoms with Gasteiger partial charge in [0.2, 0.25) is 5.91 Å². The van der Waals surface area contributed by atoms with Crippen LogP contribution in [0.4, 0.5) is 11.4 Å². The van der Waals surface area contributed by atoms with Gasteiger partial charge < -0.3 is 15.5 Å². The Labute approximate surface area is 203 Å². The zero-order valence-corrected chi connectivity index (χ0v) is 21.4. The molecule has 1 aromatic carbocycles. The zero-order chi connectivity index (χ0) is 22.9. The first-order chi connectivity index (χ1) is 15.3. The first kappa shape index (κ1) is 23.3. The van der Waals surface area contributed by atoms with Gasteiger partial charge in [0.15, 0.2) is 0 Å². The molecule has 1 saturated heterocycles. The lowest BCUT2D eigenvalue weighted by Gasteiger charge is -2.41. The Morgan fingerprint density at radius 2 is 1.75 bits per heavy atom. The van der Waals surface area contributed by atoms with E-state index in [-0.39, 0.29) is 11.8 Å². The third-order valence-corrected chi connectivity index (χ3v) is 8.59. The summed E-state index contributed by atoms with van der Waals surface area (Å²) in [6, 6.07) is 10.9. The van der Waals surface area contributed by atoms with E-state index in [2.05, 4.69) is 64.4 Å². The Morgan fingerprint density at radius 3 is 2.34 bits per heavy atom.